The number of imide groups is 1. The van der Waals surface area contributed by atoms with Crippen LogP contribution in [-0.4, -0.2) is 46.1 Å². The first-order valence-electron chi connectivity index (χ1n) is 8.36. The lowest BCUT2D eigenvalue weighted by Crippen LogP contribution is -2.51. The van der Waals surface area contributed by atoms with Gasteiger partial charge in [0, 0.05) is 12.8 Å². The van der Waals surface area contributed by atoms with Crippen LogP contribution >= 0.6 is 0 Å². The van der Waals surface area contributed by atoms with Crippen LogP contribution in [0.4, 0.5) is 0 Å². The van der Waals surface area contributed by atoms with Gasteiger partial charge in [-0.25, -0.2) is 4.79 Å². The maximum Gasteiger partial charge on any atom is 0.349 e. The number of amides is 2. The van der Waals surface area contributed by atoms with Crippen LogP contribution in [0.3, 0.4) is 0 Å². The zero-order chi connectivity index (χ0) is 18.2. The molecule has 25 heavy (non-hydrogen) atoms. The molecule has 2 saturated heterocycles. The van der Waals surface area contributed by atoms with Gasteiger partial charge in [-0.2, -0.15) is 0 Å². The van der Waals surface area contributed by atoms with Crippen molar-refractivity contribution in [1.82, 2.24) is 9.96 Å². The number of hydrogen-bond donors (Lipinski definition) is 0. The van der Waals surface area contributed by atoms with Gasteiger partial charge in [0.2, 0.25) is 0 Å². The summed E-state index contributed by atoms with van der Waals surface area (Å²) in [5.41, 5.74) is 0.346. The highest BCUT2D eigenvalue weighted by Gasteiger charge is 2.47. The highest BCUT2D eigenvalue weighted by Crippen LogP contribution is 2.38. The van der Waals surface area contributed by atoms with Crippen molar-refractivity contribution >= 4 is 17.8 Å². The second-order valence-electron chi connectivity index (χ2n) is 6.76. The molecular weight excluding hydrogens is 324 g/mol. The van der Waals surface area contributed by atoms with E-state index in [1.807, 2.05) is 49.1 Å². The highest BCUT2D eigenvalue weighted by molar-refractivity contribution is 6.01. The minimum atomic E-state index is -0.691. The number of carbonyl (C=O) groups is 3. The smallest absolute Gasteiger partial charge is 0.349 e. The molecule has 2 fully saturated rings. The molecule has 0 radical (unpaired) electrons. The molecule has 0 bridgehead atoms. The van der Waals surface area contributed by atoms with Crippen LogP contribution in [0.15, 0.2) is 30.3 Å². The standard InChI is InChI=1S/C18H22N2O5/c1-12(17(23)25-20-15(21)9-10-16(20)22)19-14(11-24-18(19,2)3)13-7-5-4-6-8-13/h4-8,12,14H,9-11H2,1-3H3/t12-,14-/m0/s1. The molecule has 134 valence electrons. The van der Waals surface area contributed by atoms with Gasteiger partial charge in [0.05, 0.1) is 12.6 Å². The van der Waals surface area contributed by atoms with Gasteiger partial charge in [-0.05, 0) is 26.3 Å². The van der Waals surface area contributed by atoms with Crippen molar-refractivity contribution in [3.05, 3.63) is 35.9 Å². The van der Waals surface area contributed by atoms with Crippen LogP contribution in [0.5, 0.6) is 0 Å². The zero-order valence-electron chi connectivity index (χ0n) is 14.6. The maximum absolute atomic E-state index is 12.6. The van der Waals surface area contributed by atoms with E-state index in [9.17, 15) is 14.4 Å². The topological polar surface area (TPSA) is 76.2 Å². The van der Waals surface area contributed by atoms with E-state index >= 15 is 0 Å². The molecule has 0 N–H and O–H groups in total. The average Bonchev–Trinajstić information content (AvgIpc) is 3.07. The fourth-order valence-electron chi connectivity index (χ4n) is 3.42. The summed E-state index contributed by atoms with van der Waals surface area (Å²) in [6.45, 7) is 5.90. The van der Waals surface area contributed by atoms with E-state index in [-0.39, 0.29) is 18.9 Å². The van der Waals surface area contributed by atoms with Crippen LogP contribution in [0.2, 0.25) is 0 Å². The third-order valence-electron chi connectivity index (χ3n) is 4.68. The predicted octanol–water partition coefficient (Wildman–Crippen LogP) is 1.79. The summed E-state index contributed by atoms with van der Waals surface area (Å²) in [5, 5.41) is 0.584. The largest absolute Gasteiger partial charge is 0.359 e. The third kappa shape index (κ3) is 3.29. The number of carbonyl (C=O) groups excluding carboxylic acids is 3. The molecule has 2 amide bonds. The van der Waals surface area contributed by atoms with Crippen molar-refractivity contribution in [3.63, 3.8) is 0 Å². The Morgan fingerprint density at radius 2 is 1.80 bits per heavy atom. The molecule has 0 unspecified atom stereocenters. The van der Waals surface area contributed by atoms with Crippen molar-refractivity contribution < 1.29 is 24.0 Å². The van der Waals surface area contributed by atoms with E-state index in [1.54, 1.807) is 6.92 Å². The second kappa shape index (κ2) is 6.57. The number of benzene rings is 1. The van der Waals surface area contributed by atoms with Gasteiger partial charge < -0.3 is 9.57 Å². The minimum Gasteiger partial charge on any atom is -0.359 e. The van der Waals surface area contributed by atoms with Crippen LogP contribution in [0.25, 0.3) is 0 Å². The van der Waals surface area contributed by atoms with Gasteiger partial charge >= 0.3 is 5.97 Å². The Morgan fingerprint density at radius 1 is 1.20 bits per heavy atom. The SMILES string of the molecule is C[C@@H](C(=O)ON1C(=O)CCC1=O)N1[C@H](c2ccccc2)COC1(C)C. The van der Waals surface area contributed by atoms with Gasteiger partial charge in [0.1, 0.15) is 11.8 Å². The molecule has 2 atom stereocenters. The Hall–Kier alpha value is -2.25. The fourth-order valence-corrected chi connectivity index (χ4v) is 3.42. The summed E-state index contributed by atoms with van der Waals surface area (Å²) in [6, 6.07) is 8.94. The maximum atomic E-state index is 12.6. The van der Waals surface area contributed by atoms with E-state index < -0.39 is 29.6 Å². The van der Waals surface area contributed by atoms with Crippen LogP contribution in [0.1, 0.15) is 45.2 Å². The third-order valence-corrected chi connectivity index (χ3v) is 4.68. The lowest BCUT2D eigenvalue weighted by atomic mass is 10.0. The van der Waals surface area contributed by atoms with E-state index in [2.05, 4.69) is 0 Å². The van der Waals surface area contributed by atoms with E-state index in [1.165, 1.54) is 0 Å². The van der Waals surface area contributed by atoms with Crippen molar-refractivity contribution in [2.24, 2.45) is 0 Å². The summed E-state index contributed by atoms with van der Waals surface area (Å²) < 4.78 is 5.87. The molecular formula is C18H22N2O5. The molecule has 2 aliphatic rings. The fraction of sp³-hybridized carbons (Fsp3) is 0.500. The van der Waals surface area contributed by atoms with Crippen molar-refractivity contribution in [2.45, 2.75) is 51.4 Å². The molecule has 2 aliphatic heterocycles. The Balaban J connectivity index is 1.80. The number of ether oxygens (including phenoxy) is 1. The van der Waals surface area contributed by atoms with Crippen LogP contribution in [-0.2, 0) is 24.0 Å². The summed E-state index contributed by atoms with van der Waals surface area (Å²) in [6.07, 6.45) is 0.150. The highest BCUT2D eigenvalue weighted by atomic mass is 16.7. The second-order valence-corrected chi connectivity index (χ2v) is 6.76. The lowest BCUT2D eigenvalue weighted by molar-refractivity contribution is -0.204. The first-order valence-corrected chi connectivity index (χ1v) is 8.36. The van der Waals surface area contributed by atoms with Crippen molar-refractivity contribution in [1.29, 1.82) is 0 Å². The average molecular weight is 346 g/mol. The molecule has 1 aromatic carbocycles. The molecule has 0 saturated carbocycles. The van der Waals surface area contributed by atoms with Gasteiger partial charge in [0.25, 0.3) is 11.8 Å². The zero-order valence-corrected chi connectivity index (χ0v) is 14.6. The molecule has 7 heteroatoms. The Morgan fingerprint density at radius 3 is 2.40 bits per heavy atom. The van der Waals surface area contributed by atoms with Gasteiger partial charge in [-0.3, -0.25) is 14.5 Å². The summed E-state index contributed by atoms with van der Waals surface area (Å²) in [4.78, 5) is 42.9. The lowest BCUT2D eigenvalue weighted by Gasteiger charge is -2.37. The van der Waals surface area contributed by atoms with Gasteiger partial charge in [-0.1, -0.05) is 30.3 Å². The molecule has 0 aromatic heterocycles. The quantitative estimate of drug-likeness (QED) is 0.774. The number of hydrogen-bond acceptors (Lipinski definition) is 6. The molecule has 0 aliphatic carbocycles. The summed E-state index contributed by atoms with van der Waals surface area (Å²) in [7, 11) is 0. The Kier molecular flexibility index (Phi) is 4.62. The number of hydroxylamine groups is 2. The molecule has 2 heterocycles. The van der Waals surface area contributed by atoms with Crippen LogP contribution in [0, 0.1) is 0 Å². The summed E-state index contributed by atoms with van der Waals surface area (Å²) in [5.74, 6) is -1.62. The van der Waals surface area contributed by atoms with Crippen LogP contribution < -0.4 is 0 Å². The molecule has 7 nitrogen and oxygen atoms in total. The van der Waals surface area contributed by atoms with E-state index in [0.717, 1.165) is 5.56 Å². The predicted molar refractivity (Wildman–Crippen MR) is 87.7 cm³/mol. The molecule has 0 spiro atoms. The Bertz CT molecular complexity index is 672. The molecule has 1 aromatic rings. The first kappa shape index (κ1) is 17.6. The Labute approximate surface area is 146 Å². The van der Waals surface area contributed by atoms with E-state index in [0.29, 0.717) is 11.7 Å². The number of nitrogens with zero attached hydrogens (tertiary/aromatic N) is 2. The minimum absolute atomic E-state index is 0.0749. The van der Waals surface area contributed by atoms with Crippen molar-refractivity contribution in [3.8, 4) is 0 Å². The monoisotopic (exact) mass is 346 g/mol. The van der Waals surface area contributed by atoms with E-state index in [4.69, 9.17) is 9.57 Å². The van der Waals surface area contributed by atoms with Gasteiger partial charge in [0.15, 0.2) is 0 Å². The molecule has 3 rings (SSSR count). The normalized spacial score (nSPS) is 24.6. The van der Waals surface area contributed by atoms with Crippen molar-refractivity contribution in [2.75, 3.05) is 6.61 Å². The summed E-state index contributed by atoms with van der Waals surface area (Å²) >= 11 is 0. The number of rotatable bonds is 4. The van der Waals surface area contributed by atoms with Gasteiger partial charge in [-0.15, -0.1) is 5.06 Å². The first-order chi connectivity index (χ1) is 11.8.